The van der Waals surface area contributed by atoms with E-state index in [1.807, 2.05) is 35.3 Å². The minimum absolute atomic E-state index is 0.00929. The molecule has 0 amide bonds. The summed E-state index contributed by atoms with van der Waals surface area (Å²) in [6.07, 6.45) is 10.5. The van der Waals surface area contributed by atoms with Crippen LogP contribution in [0.4, 0.5) is 0 Å². The van der Waals surface area contributed by atoms with Crippen LogP contribution in [0.5, 0.6) is 0 Å². The van der Waals surface area contributed by atoms with Crippen molar-refractivity contribution in [3.05, 3.63) is 49.2 Å². The van der Waals surface area contributed by atoms with E-state index < -0.39 is 5.54 Å². The van der Waals surface area contributed by atoms with E-state index in [0.717, 1.165) is 33.4 Å². The fraction of sp³-hybridized carbons (Fsp3) is 0.304. The molecule has 9 nitrogen and oxygen atoms in total. The fourth-order valence-electron chi connectivity index (χ4n) is 4.38. The summed E-state index contributed by atoms with van der Waals surface area (Å²) in [6.45, 7) is 0.422. The maximum atomic E-state index is 9.34. The van der Waals surface area contributed by atoms with Crippen LogP contribution in [0.2, 0.25) is 0 Å². The zero-order valence-electron chi connectivity index (χ0n) is 17.3. The summed E-state index contributed by atoms with van der Waals surface area (Å²) in [5.41, 5.74) is 3.49. The first-order valence-corrected chi connectivity index (χ1v) is 10.4. The molecule has 158 valence electrons. The van der Waals surface area contributed by atoms with Gasteiger partial charge in [0.05, 0.1) is 72.5 Å². The molecule has 1 aliphatic rings. The number of rotatable bonds is 6. The minimum Gasteiger partial charge on any atom is -0.394 e. The molecule has 0 spiro atoms. The lowest BCUT2D eigenvalue weighted by molar-refractivity contribution is 0.0882. The molecule has 1 aliphatic carbocycles. The lowest BCUT2D eigenvalue weighted by Gasteiger charge is -2.43. The van der Waals surface area contributed by atoms with Gasteiger partial charge in [0.1, 0.15) is 0 Å². The second-order valence-electron chi connectivity index (χ2n) is 8.11. The lowest BCUT2D eigenvalue weighted by Crippen LogP contribution is -2.46. The normalized spacial score (nSPS) is 19.9. The Kier molecular flexibility index (Phi) is 4.89. The van der Waals surface area contributed by atoms with E-state index in [2.05, 4.69) is 27.3 Å². The maximum Gasteiger partial charge on any atom is 0.0835 e. The molecule has 4 aromatic heterocycles. The summed E-state index contributed by atoms with van der Waals surface area (Å²) < 4.78 is 3.50. The molecule has 9 heteroatoms. The molecule has 0 aromatic carbocycles. The molecule has 1 saturated carbocycles. The van der Waals surface area contributed by atoms with Gasteiger partial charge in [0.25, 0.3) is 0 Å². The summed E-state index contributed by atoms with van der Waals surface area (Å²) in [7, 11) is 0. The summed E-state index contributed by atoms with van der Waals surface area (Å²) in [5.74, 6) is -0.0436. The molecular weight excluding hydrogens is 404 g/mol. The van der Waals surface area contributed by atoms with E-state index in [-0.39, 0.29) is 12.5 Å². The van der Waals surface area contributed by atoms with Crippen LogP contribution in [0.25, 0.3) is 33.4 Å². The highest BCUT2D eigenvalue weighted by Gasteiger charge is 2.46. The summed E-state index contributed by atoms with van der Waals surface area (Å²) in [6, 6.07) is 10.3. The van der Waals surface area contributed by atoms with Crippen LogP contribution in [0.15, 0.2) is 49.2 Å². The number of aliphatic hydroxyl groups excluding tert-OH is 1. The Bertz CT molecular complexity index is 1370. The summed E-state index contributed by atoms with van der Waals surface area (Å²) in [5, 5.41) is 37.5. The second-order valence-corrected chi connectivity index (χ2v) is 8.11. The number of hydrogen-bond acceptors (Lipinski definition) is 7. The third-order valence-corrected chi connectivity index (χ3v) is 6.04. The smallest absolute Gasteiger partial charge is 0.0835 e. The van der Waals surface area contributed by atoms with Crippen LogP contribution in [-0.4, -0.2) is 41.2 Å². The van der Waals surface area contributed by atoms with Crippen LogP contribution in [-0.2, 0) is 12.1 Å². The predicted molar refractivity (Wildman–Crippen MR) is 116 cm³/mol. The molecule has 0 unspecified atom stereocenters. The third-order valence-electron chi connectivity index (χ3n) is 6.04. The summed E-state index contributed by atoms with van der Waals surface area (Å²) >= 11 is 0. The first kappa shape index (κ1) is 19.9. The number of fused-ring (bicyclic) bond motifs is 1. The van der Waals surface area contributed by atoms with Gasteiger partial charge in [-0.15, -0.1) is 0 Å². The van der Waals surface area contributed by atoms with E-state index >= 15 is 0 Å². The van der Waals surface area contributed by atoms with Crippen LogP contribution in [0, 0.1) is 28.6 Å². The van der Waals surface area contributed by atoms with Crippen molar-refractivity contribution in [3.8, 4) is 34.7 Å². The third kappa shape index (κ3) is 3.29. The van der Waals surface area contributed by atoms with Gasteiger partial charge >= 0.3 is 0 Å². The molecule has 0 saturated heterocycles. The van der Waals surface area contributed by atoms with E-state index in [9.17, 15) is 10.5 Å². The maximum absolute atomic E-state index is 9.34. The van der Waals surface area contributed by atoms with Crippen LogP contribution < -0.4 is 0 Å². The number of aliphatic hydroxyl groups is 1. The van der Waals surface area contributed by atoms with Crippen molar-refractivity contribution in [2.24, 2.45) is 5.92 Å². The number of aromatic nitrogens is 6. The molecule has 4 heterocycles. The topological polar surface area (TPSA) is 129 Å². The van der Waals surface area contributed by atoms with Gasteiger partial charge in [-0.25, -0.2) is 4.98 Å². The zero-order valence-corrected chi connectivity index (χ0v) is 17.3. The minimum atomic E-state index is -0.440. The molecule has 0 bridgehead atoms. The van der Waals surface area contributed by atoms with Gasteiger partial charge in [-0.3, -0.25) is 14.3 Å². The molecule has 0 aliphatic heterocycles. The van der Waals surface area contributed by atoms with Crippen molar-refractivity contribution in [2.45, 2.75) is 31.3 Å². The van der Waals surface area contributed by atoms with Gasteiger partial charge in [0, 0.05) is 35.1 Å². The molecule has 0 atom stereocenters. The van der Waals surface area contributed by atoms with Gasteiger partial charge in [-0.1, -0.05) is 0 Å². The van der Waals surface area contributed by atoms with Gasteiger partial charge in [0.15, 0.2) is 0 Å². The fourth-order valence-corrected chi connectivity index (χ4v) is 4.38. The Morgan fingerprint density at radius 1 is 1.16 bits per heavy atom. The Hall–Kier alpha value is -4.08. The van der Waals surface area contributed by atoms with E-state index in [4.69, 9.17) is 10.1 Å². The molecule has 4 aromatic rings. The molecule has 0 radical (unpaired) electrons. The predicted octanol–water partition coefficient (Wildman–Crippen LogP) is 2.89. The molecule has 5 rings (SSSR count). The van der Waals surface area contributed by atoms with Gasteiger partial charge < -0.3 is 5.11 Å². The van der Waals surface area contributed by atoms with Crippen LogP contribution in [0.1, 0.15) is 19.3 Å². The van der Waals surface area contributed by atoms with E-state index in [1.165, 1.54) is 0 Å². The first-order valence-electron chi connectivity index (χ1n) is 10.4. The van der Waals surface area contributed by atoms with Gasteiger partial charge in [-0.05, 0) is 31.0 Å². The second kappa shape index (κ2) is 7.88. The lowest BCUT2D eigenvalue weighted by atomic mass is 9.67. The SMILES string of the molecule is N#CCC1(n2cc(-c3nc(-c4cnn(CCO)c4)cc4ncccc34)cn2)CC(C#N)C1. The van der Waals surface area contributed by atoms with Crippen molar-refractivity contribution < 1.29 is 5.11 Å². The largest absolute Gasteiger partial charge is 0.394 e. The molecule has 1 fully saturated rings. The molecule has 1 N–H and O–H groups in total. The highest BCUT2D eigenvalue weighted by atomic mass is 16.3. The first-order chi connectivity index (χ1) is 15.7. The van der Waals surface area contributed by atoms with Crippen molar-refractivity contribution in [1.82, 2.24) is 29.5 Å². The summed E-state index contributed by atoms with van der Waals surface area (Å²) in [4.78, 5) is 9.42. The molecule has 32 heavy (non-hydrogen) atoms. The standard InChI is InChI=1S/C23H20N8O/c24-4-3-23(9-16(10-23)11-25)31-15-18(13-28-31)22-19-2-1-5-26-21(19)8-20(29-22)17-12-27-30(14-17)6-7-32/h1-2,5,8,12-16,32H,3,6-7,9-10H2. The Morgan fingerprint density at radius 2 is 2.00 bits per heavy atom. The Morgan fingerprint density at radius 3 is 2.78 bits per heavy atom. The number of pyridine rings is 2. The Balaban J connectivity index is 1.58. The van der Waals surface area contributed by atoms with Crippen molar-refractivity contribution in [3.63, 3.8) is 0 Å². The average molecular weight is 424 g/mol. The van der Waals surface area contributed by atoms with E-state index in [1.54, 1.807) is 23.3 Å². The van der Waals surface area contributed by atoms with Crippen molar-refractivity contribution >= 4 is 10.9 Å². The quantitative estimate of drug-likeness (QED) is 0.504. The molecular formula is C23H20N8O. The van der Waals surface area contributed by atoms with Gasteiger partial charge in [-0.2, -0.15) is 20.7 Å². The monoisotopic (exact) mass is 424 g/mol. The van der Waals surface area contributed by atoms with E-state index in [0.29, 0.717) is 25.8 Å². The zero-order chi connectivity index (χ0) is 22.1. The highest BCUT2D eigenvalue weighted by molar-refractivity contribution is 5.94. The average Bonchev–Trinajstić information content (AvgIpc) is 3.46. The van der Waals surface area contributed by atoms with Crippen molar-refractivity contribution in [2.75, 3.05) is 6.61 Å². The Labute approximate surface area is 184 Å². The van der Waals surface area contributed by atoms with Crippen molar-refractivity contribution in [1.29, 1.82) is 10.5 Å². The number of nitrogens with zero attached hydrogens (tertiary/aromatic N) is 8. The number of nitriles is 2. The highest BCUT2D eigenvalue weighted by Crippen LogP contribution is 2.46. The van der Waals surface area contributed by atoms with Gasteiger partial charge in [0.2, 0.25) is 0 Å². The van der Waals surface area contributed by atoms with Crippen LogP contribution >= 0.6 is 0 Å². The number of hydrogen-bond donors (Lipinski definition) is 1. The van der Waals surface area contributed by atoms with Crippen LogP contribution in [0.3, 0.4) is 0 Å².